The summed E-state index contributed by atoms with van der Waals surface area (Å²) in [5.74, 6) is -0.158. The van der Waals surface area contributed by atoms with Crippen LogP contribution in [0, 0.1) is 0 Å². The third kappa shape index (κ3) is 1.38. The van der Waals surface area contributed by atoms with E-state index in [0.29, 0.717) is 15.8 Å². The lowest BCUT2D eigenvalue weighted by Gasteiger charge is -1.94. The Bertz CT molecular complexity index is 519. The van der Waals surface area contributed by atoms with Crippen LogP contribution >= 0.6 is 23.2 Å². The molecule has 14 heavy (non-hydrogen) atoms. The topological polar surface area (TPSA) is 34.4 Å². The smallest absolute Gasteiger partial charge is 0.181 e. The van der Waals surface area contributed by atoms with Crippen molar-refractivity contribution < 1.29 is 4.79 Å². The molecule has 72 valence electrons. The van der Waals surface area contributed by atoms with Crippen molar-refractivity contribution in [1.29, 1.82) is 0 Å². The van der Waals surface area contributed by atoms with E-state index in [4.69, 9.17) is 23.2 Å². The van der Waals surface area contributed by atoms with Gasteiger partial charge >= 0.3 is 0 Å². The highest BCUT2D eigenvalue weighted by molar-refractivity contribution is 6.33. The van der Waals surface area contributed by atoms with E-state index in [-0.39, 0.29) is 11.5 Å². The summed E-state index contributed by atoms with van der Waals surface area (Å²) in [4.78, 5) is 15.2. The van der Waals surface area contributed by atoms with Gasteiger partial charge in [-0.3, -0.25) is 9.20 Å². The van der Waals surface area contributed by atoms with Gasteiger partial charge in [0.1, 0.15) is 16.5 Å². The van der Waals surface area contributed by atoms with Gasteiger partial charge in [-0.2, -0.15) is 0 Å². The van der Waals surface area contributed by atoms with Gasteiger partial charge in [-0.25, -0.2) is 4.98 Å². The fourth-order valence-corrected chi connectivity index (χ4v) is 1.69. The molecule has 0 saturated carbocycles. The van der Waals surface area contributed by atoms with Crippen LogP contribution in [0.25, 0.3) is 5.65 Å². The van der Waals surface area contributed by atoms with Crippen LogP contribution in [-0.2, 0) is 0 Å². The summed E-state index contributed by atoms with van der Waals surface area (Å²) in [6, 6.07) is 3.41. The van der Waals surface area contributed by atoms with Crippen LogP contribution in [0.2, 0.25) is 10.2 Å². The van der Waals surface area contributed by atoms with Gasteiger partial charge in [-0.1, -0.05) is 23.2 Å². The van der Waals surface area contributed by atoms with Crippen LogP contribution in [0.15, 0.2) is 18.3 Å². The van der Waals surface area contributed by atoms with E-state index in [1.54, 1.807) is 22.7 Å². The third-order valence-electron chi connectivity index (χ3n) is 1.86. The van der Waals surface area contributed by atoms with Crippen LogP contribution in [0.3, 0.4) is 0 Å². The van der Waals surface area contributed by atoms with E-state index in [2.05, 4.69) is 4.98 Å². The van der Waals surface area contributed by atoms with Crippen LogP contribution in [0.4, 0.5) is 0 Å². The van der Waals surface area contributed by atoms with E-state index >= 15 is 0 Å². The summed E-state index contributed by atoms with van der Waals surface area (Å²) in [7, 11) is 0. The minimum Gasteiger partial charge on any atom is -0.293 e. The van der Waals surface area contributed by atoms with Gasteiger partial charge < -0.3 is 0 Å². The summed E-state index contributed by atoms with van der Waals surface area (Å²) in [6.07, 6.45) is 1.62. The van der Waals surface area contributed by atoms with E-state index in [0.717, 1.165) is 0 Å². The molecule has 0 aliphatic carbocycles. The summed E-state index contributed by atoms with van der Waals surface area (Å²) < 4.78 is 1.58. The average molecular weight is 229 g/mol. The number of hydrogen-bond acceptors (Lipinski definition) is 2. The molecular formula is C9H6Cl2N2O. The highest BCUT2D eigenvalue weighted by Gasteiger charge is 2.13. The molecule has 0 atom stereocenters. The molecule has 2 aromatic heterocycles. The molecule has 0 bridgehead atoms. The van der Waals surface area contributed by atoms with Gasteiger partial charge in [0.05, 0.1) is 5.02 Å². The SMILES string of the molecule is CC(=O)c1nc2ccc(Cl)cn2c1Cl. The number of pyridine rings is 1. The highest BCUT2D eigenvalue weighted by Crippen LogP contribution is 2.20. The number of Topliss-reactive ketones (excluding diaryl/α,β-unsaturated/α-hetero) is 1. The molecule has 0 fully saturated rings. The second-order valence-corrected chi connectivity index (χ2v) is 3.68. The zero-order valence-corrected chi connectivity index (χ0v) is 8.80. The summed E-state index contributed by atoms with van der Waals surface area (Å²) in [5.41, 5.74) is 0.888. The predicted octanol–water partition coefficient (Wildman–Crippen LogP) is 2.84. The van der Waals surface area contributed by atoms with E-state index in [1.807, 2.05) is 0 Å². The molecule has 0 aliphatic heterocycles. The first-order chi connectivity index (χ1) is 6.59. The molecule has 2 aromatic rings. The van der Waals surface area contributed by atoms with Gasteiger partial charge in [-0.15, -0.1) is 0 Å². The number of aromatic nitrogens is 2. The van der Waals surface area contributed by atoms with Crippen LogP contribution in [0.1, 0.15) is 17.4 Å². The number of rotatable bonds is 1. The van der Waals surface area contributed by atoms with Crippen molar-refractivity contribution >= 4 is 34.6 Å². The first-order valence-electron chi connectivity index (χ1n) is 3.93. The molecule has 0 saturated heterocycles. The number of imidazole rings is 1. The van der Waals surface area contributed by atoms with E-state index in [1.165, 1.54) is 6.92 Å². The number of carbonyl (C=O) groups is 1. The molecule has 0 unspecified atom stereocenters. The lowest BCUT2D eigenvalue weighted by atomic mass is 10.3. The maximum atomic E-state index is 11.1. The Labute approximate surface area is 90.3 Å². The van der Waals surface area contributed by atoms with Gasteiger partial charge in [0.25, 0.3) is 0 Å². The number of nitrogens with zero attached hydrogens (tertiary/aromatic N) is 2. The maximum absolute atomic E-state index is 11.1. The van der Waals surface area contributed by atoms with Crippen LogP contribution in [0.5, 0.6) is 0 Å². The van der Waals surface area contributed by atoms with Crippen molar-refractivity contribution in [2.24, 2.45) is 0 Å². The van der Waals surface area contributed by atoms with Crippen molar-refractivity contribution in [1.82, 2.24) is 9.38 Å². The van der Waals surface area contributed by atoms with Gasteiger partial charge in [0.15, 0.2) is 5.78 Å². The molecule has 0 N–H and O–H groups in total. The molecule has 0 aromatic carbocycles. The van der Waals surface area contributed by atoms with Crippen LogP contribution in [-0.4, -0.2) is 15.2 Å². The molecule has 0 radical (unpaired) electrons. The van der Waals surface area contributed by atoms with Crippen molar-refractivity contribution in [3.8, 4) is 0 Å². The normalized spacial score (nSPS) is 10.8. The monoisotopic (exact) mass is 228 g/mol. The van der Waals surface area contributed by atoms with E-state index < -0.39 is 0 Å². The Morgan fingerprint density at radius 3 is 2.79 bits per heavy atom. The van der Waals surface area contributed by atoms with Crippen molar-refractivity contribution in [3.05, 3.63) is 34.2 Å². The molecule has 3 nitrogen and oxygen atoms in total. The fourth-order valence-electron chi connectivity index (χ4n) is 1.21. The summed E-state index contributed by atoms with van der Waals surface area (Å²) in [5, 5.41) is 0.849. The molecule has 0 aliphatic rings. The molecule has 2 rings (SSSR count). The highest BCUT2D eigenvalue weighted by atomic mass is 35.5. The second kappa shape index (κ2) is 3.26. The van der Waals surface area contributed by atoms with Gasteiger partial charge in [-0.05, 0) is 12.1 Å². The largest absolute Gasteiger partial charge is 0.293 e. The van der Waals surface area contributed by atoms with Crippen molar-refractivity contribution in [2.45, 2.75) is 6.92 Å². The average Bonchev–Trinajstić information content (AvgIpc) is 2.44. The molecule has 2 heterocycles. The minimum atomic E-state index is -0.158. The number of ketones is 1. The zero-order chi connectivity index (χ0) is 10.3. The van der Waals surface area contributed by atoms with Crippen molar-refractivity contribution in [2.75, 3.05) is 0 Å². The van der Waals surface area contributed by atoms with E-state index in [9.17, 15) is 4.79 Å². The Hall–Kier alpha value is -1.06. The predicted molar refractivity (Wildman–Crippen MR) is 55.2 cm³/mol. The van der Waals surface area contributed by atoms with Gasteiger partial charge in [0.2, 0.25) is 0 Å². The molecule has 0 amide bonds. The molecule has 5 heteroatoms. The Morgan fingerprint density at radius 1 is 1.43 bits per heavy atom. The van der Waals surface area contributed by atoms with Crippen molar-refractivity contribution in [3.63, 3.8) is 0 Å². The number of halogens is 2. The lowest BCUT2D eigenvalue weighted by molar-refractivity contribution is 0.101. The fraction of sp³-hybridized carbons (Fsp3) is 0.111. The molecular weight excluding hydrogens is 223 g/mol. The first kappa shape index (κ1) is 9.49. The lowest BCUT2D eigenvalue weighted by Crippen LogP contribution is -1.92. The number of fused-ring (bicyclic) bond motifs is 1. The summed E-state index contributed by atoms with van der Waals surface area (Å²) >= 11 is 11.7. The Morgan fingerprint density at radius 2 is 2.14 bits per heavy atom. The number of hydrogen-bond donors (Lipinski definition) is 0. The zero-order valence-electron chi connectivity index (χ0n) is 7.29. The Balaban J connectivity index is 2.80. The van der Waals surface area contributed by atoms with Gasteiger partial charge in [0, 0.05) is 13.1 Å². The second-order valence-electron chi connectivity index (χ2n) is 2.88. The third-order valence-corrected chi connectivity index (χ3v) is 2.44. The maximum Gasteiger partial charge on any atom is 0.181 e. The molecule has 0 spiro atoms. The first-order valence-corrected chi connectivity index (χ1v) is 4.69. The summed E-state index contributed by atoms with van der Waals surface area (Å²) in [6.45, 7) is 1.43. The quantitative estimate of drug-likeness (QED) is 0.704. The van der Waals surface area contributed by atoms with Crippen LogP contribution < -0.4 is 0 Å². The minimum absolute atomic E-state index is 0.158. The number of carbonyl (C=O) groups excluding carboxylic acids is 1. The standard InChI is InChI=1S/C9H6Cl2N2O/c1-5(14)8-9(11)13-4-6(10)2-3-7(13)12-8/h2-4H,1H3. The Kier molecular flexibility index (Phi) is 2.21.